The molecular weight excluding hydrogens is 411 g/mol. The zero-order valence-electron chi connectivity index (χ0n) is 14.0. The summed E-state index contributed by atoms with van der Waals surface area (Å²) in [5, 5.41) is 3.23. The third kappa shape index (κ3) is 7.28. The molecule has 1 atom stereocenters. The Morgan fingerprint density at radius 2 is 2.13 bits per heavy atom. The lowest BCUT2D eigenvalue weighted by atomic mass is 10.0. The molecule has 0 aliphatic carbocycles. The Morgan fingerprint density at radius 3 is 2.70 bits per heavy atom. The van der Waals surface area contributed by atoms with Crippen LogP contribution in [0.3, 0.4) is 0 Å². The van der Waals surface area contributed by atoms with Crippen LogP contribution in [-0.2, 0) is 0 Å². The number of benzene rings is 1. The van der Waals surface area contributed by atoms with Crippen molar-refractivity contribution in [3.63, 3.8) is 0 Å². The summed E-state index contributed by atoms with van der Waals surface area (Å²) < 4.78 is 26.7. The predicted molar refractivity (Wildman–Crippen MR) is 104 cm³/mol. The summed E-state index contributed by atoms with van der Waals surface area (Å²) in [6.07, 6.45) is 3.85. The van der Waals surface area contributed by atoms with E-state index in [-0.39, 0.29) is 29.9 Å². The third-order valence-electron chi connectivity index (χ3n) is 3.53. The number of nitrogens with zero attached hydrogens (tertiary/aromatic N) is 2. The number of hydrogen-bond acceptors (Lipinski definition) is 1. The number of nitrogens with one attached hydrogen (secondary N) is 1. The van der Waals surface area contributed by atoms with E-state index in [1.165, 1.54) is 12.1 Å². The second kappa shape index (κ2) is 11.4. The second-order valence-corrected chi connectivity index (χ2v) is 5.35. The summed E-state index contributed by atoms with van der Waals surface area (Å²) in [5.41, 5.74) is 0.499. The molecule has 1 aromatic carbocycles. The van der Waals surface area contributed by atoms with Gasteiger partial charge in [-0.25, -0.2) is 8.78 Å². The number of hydrogen-bond donors (Lipinski definition) is 1. The van der Waals surface area contributed by atoms with Crippen molar-refractivity contribution in [2.45, 2.75) is 25.7 Å². The fraction of sp³-hybridized carbons (Fsp3) is 0.471. The zero-order chi connectivity index (χ0) is 16.5. The molecule has 0 aliphatic heterocycles. The highest BCUT2D eigenvalue weighted by atomic mass is 127. The van der Waals surface area contributed by atoms with Crippen LogP contribution in [-0.4, -0.2) is 38.0 Å². The van der Waals surface area contributed by atoms with Crippen molar-refractivity contribution in [3.05, 3.63) is 48.1 Å². The summed E-state index contributed by atoms with van der Waals surface area (Å²) in [6, 6.07) is 3.70. The Morgan fingerprint density at radius 1 is 1.43 bits per heavy atom. The second-order valence-electron chi connectivity index (χ2n) is 5.35. The molecule has 0 bridgehead atoms. The van der Waals surface area contributed by atoms with Gasteiger partial charge in [0.2, 0.25) is 0 Å². The lowest BCUT2D eigenvalue weighted by molar-refractivity contribution is 0.466. The minimum Gasteiger partial charge on any atom is -0.356 e. The van der Waals surface area contributed by atoms with Crippen molar-refractivity contribution in [2.24, 2.45) is 4.99 Å². The van der Waals surface area contributed by atoms with Gasteiger partial charge in [0.25, 0.3) is 0 Å². The van der Waals surface area contributed by atoms with E-state index < -0.39 is 11.6 Å². The molecule has 0 radical (unpaired) electrons. The van der Waals surface area contributed by atoms with Crippen LogP contribution in [0.15, 0.2) is 35.8 Å². The highest BCUT2D eigenvalue weighted by Gasteiger charge is 2.13. The van der Waals surface area contributed by atoms with Crippen molar-refractivity contribution in [1.82, 2.24) is 10.2 Å². The van der Waals surface area contributed by atoms with Crippen LogP contribution < -0.4 is 5.32 Å². The number of allylic oxidation sites excluding steroid dienone is 1. The van der Waals surface area contributed by atoms with E-state index in [0.29, 0.717) is 12.1 Å². The van der Waals surface area contributed by atoms with Gasteiger partial charge in [0.15, 0.2) is 5.96 Å². The lowest BCUT2D eigenvalue weighted by Gasteiger charge is -2.23. The maximum absolute atomic E-state index is 13.8. The molecule has 0 fully saturated rings. The molecule has 0 saturated heterocycles. The number of guanidine groups is 1. The molecule has 1 unspecified atom stereocenters. The maximum atomic E-state index is 13.8. The van der Waals surface area contributed by atoms with E-state index in [1.54, 1.807) is 7.05 Å². The van der Waals surface area contributed by atoms with Gasteiger partial charge in [-0.3, -0.25) is 4.99 Å². The largest absolute Gasteiger partial charge is 0.356 e. The van der Waals surface area contributed by atoms with Crippen LogP contribution in [0.1, 0.15) is 31.2 Å². The topological polar surface area (TPSA) is 27.6 Å². The molecule has 23 heavy (non-hydrogen) atoms. The van der Waals surface area contributed by atoms with Gasteiger partial charge in [0, 0.05) is 39.2 Å². The normalized spacial score (nSPS) is 12.3. The molecule has 0 aromatic heterocycles. The number of halogens is 3. The summed E-state index contributed by atoms with van der Waals surface area (Å²) in [6.45, 7) is 7.00. The molecule has 6 heteroatoms. The number of unbranched alkanes of at least 4 members (excludes halogenated alkanes) is 1. The predicted octanol–water partition coefficient (Wildman–Crippen LogP) is 4.16. The molecule has 1 rings (SSSR count). The molecule has 1 aromatic rings. The minimum atomic E-state index is -0.556. The van der Waals surface area contributed by atoms with Gasteiger partial charge in [0.1, 0.15) is 11.6 Å². The molecule has 0 spiro atoms. The van der Waals surface area contributed by atoms with Crippen LogP contribution in [0.25, 0.3) is 0 Å². The van der Waals surface area contributed by atoms with Gasteiger partial charge >= 0.3 is 0 Å². The average molecular weight is 437 g/mol. The molecule has 130 valence electrons. The fourth-order valence-electron chi connectivity index (χ4n) is 2.22. The first kappa shape index (κ1) is 21.8. The highest BCUT2D eigenvalue weighted by molar-refractivity contribution is 14.0. The Balaban J connectivity index is 0.00000484. The van der Waals surface area contributed by atoms with E-state index in [2.05, 4.69) is 16.9 Å². The van der Waals surface area contributed by atoms with E-state index >= 15 is 0 Å². The van der Waals surface area contributed by atoms with Crippen LogP contribution in [0.4, 0.5) is 8.78 Å². The first-order chi connectivity index (χ1) is 10.5. The van der Waals surface area contributed by atoms with E-state index in [1.807, 2.05) is 24.9 Å². The smallest absolute Gasteiger partial charge is 0.193 e. The van der Waals surface area contributed by atoms with Crippen LogP contribution in [0, 0.1) is 11.6 Å². The van der Waals surface area contributed by atoms with Crippen molar-refractivity contribution in [3.8, 4) is 0 Å². The van der Waals surface area contributed by atoms with Crippen LogP contribution >= 0.6 is 24.0 Å². The Kier molecular flexibility index (Phi) is 10.8. The quantitative estimate of drug-likeness (QED) is 0.228. The maximum Gasteiger partial charge on any atom is 0.193 e. The molecule has 0 heterocycles. The molecule has 3 nitrogen and oxygen atoms in total. The first-order valence-electron chi connectivity index (χ1n) is 7.47. The van der Waals surface area contributed by atoms with E-state index in [0.717, 1.165) is 31.4 Å². The van der Waals surface area contributed by atoms with Gasteiger partial charge in [-0.05, 0) is 24.5 Å². The van der Waals surface area contributed by atoms with Gasteiger partial charge in [-0.15, -0.1) is 30.6 Å². The number of rotatable bonds is 7. The monoisotopic (exact) mass is 437 g/mol. The van der Waals surface area contributed by atoms with Crippen molar-refractivity contribution in [1.29, 1.82) is 0 Å². The molecule has 0 saturated carbocycles. The molecule has 1 N–H and O–H groups in total. The van der Waals surface area contributed by atoms with Crippen LogP contribution in [0.5, 0.6) is 0 Å². The molecule has 0 aliphatic rings. The number of aliphatic imine (C=N–C) groups is 1. The average Bonchev–Trinajstić information content (AvgIpc) is 2.47. The summed E-state index contributed by atoms with van der Waals surface area (Å²) >= 11 is 0. The third-order valence-corrected chi connectivity index (χ3v) is 3.53. The van der Waals surface area contributed by atoms with Gasteiger partial charge in [-0.2, -0.15) is 0 Å². The summed E-state index contributed by atoms with van der Waals surface area (Å²) in [4.78, 5) is 6.25. The zero-order valence-corrected chi connectivity index (χ0v) is 16.3. The first-order valence-corrected chi connectivity index (χ1v) is 7.47. The SMILES string of the molecule is C=CCCCN(C)C(=NC)NCC(C)c1ccc(F)cc1F.I. The fourth-order valence-corrected chi connectivity index (χ4v) is 2.22. The summed E-state index contributed by atoms with van der Waals surface area (Å²) in [7, 11) is 3.68. The Hall–Kier alpha value is -1.18. The lowest BCUT2D eigenvalue weighted by Crippen LogP contribution is -2.40. The molecular formula is C17H26F2IN3. The van der Waals surface area contributed by atoms with Crippen LogP contribution in [0.2, 0.25) is 0 Å². The Labute approximate surface area is 154 Å². The van der Waals surface area contributed by atoms with Gasteiger partial charge in [0.05, 0.1) is 0 Å². The van der Waals surface area contributed by atoms with E-state index in [9.17, 15) is 8.78 Å². The minimum absolute atomic E-state index is 0. The standard InChI is InChI=1S/C17H25F2N3.HI/c1-5-6-7-10-22(4)17(20-3)21-12-13(2)15-9-8-14(18)11-16(15)19;/h5,8-9,11,13H,1,6-7,10,12H2,2-4H3,(H,20,21);1H. The molecule has 0 amide bonds. The van der Waals surface area contributed by atoms with Crippen molar-refractivity contribution < 1.29 is 8.78 Å². The summed E-state index contributed by atoms with van der Waals surface area (Å²) in [5.74, 6) is -0.389. The van der Waals surface area contributed by atoms with E-state index in [4.69, 9.17) is 0 Å². The van der Waals surface area contributed by atoms with Crippen molar-refractivity contribution in [2.75, 3.05) is 27.2 Å². The van der Waals surface area contributed by atoms with Gasteiger partial charge in [-0.1, -0.05) is 19.1 Å². The highest BCUT2D eigenvalue weighted by Crippen LogP contribution is 2.19. The Bertz CT molecular complexity index is 521. The van der Waals surface area contributed by atoms with Crippen molar-refractivity contribution >= 4 is 29.9 Å². The van der Waals surface area contributed by atoms with Gasteiger partial charge < -0.3 is 10.2 Å².